The van der Waals surface area contributed by atoms with E-state index in [0.717, 1.165) is 6.42 Å². The van der Waals surface area contributed by atoms with Gasteiger partial charge in [0.2, 0.25) is 5.91 Å². The maximum Gasteiger partial charge on any atom is 0.227 e. The van der Waals surface area contributed by atoms with Gasteiger partial charge in [-0.15, -0.1) is 6.58 Å². The second kappa shape index (κ2) is 7.38. The smallest absolute Gasteiger partial charge is 0.227 e. The molecule has 1 rings (SSSR count). The van der Waals surface area contributed by atoms with Crippen LogP contribution in [0.1, 0.15) is 6.42 Å². The van der Waals surface area contributed by atoms with Gasteiger partial charge in [0.05, 0.1) is 32.3 Å². The van der Waals surface area contributed by atoms with Crippen molar-refractivity contribution in [2.45, 2.75) is 12.5 Å². The zero-order valence-corrected chi connectivity index (χ0v) is 9.48. The first-order valence-corrected chi connectivity index (χ1v) is 5.55. The van der Waals surface area contributed by atoms with Crippen LogP contribution in [0, 0.1) is 5.92 Å². The second-order valence-corrected chi connectivity index (χ2v) is 3.79. The third-order valence-electron chi connectivity index (χ3n) is 2.47. The van der Waals surface area contributed by atoms with Gasteiger partial charge in [0.1, 0.15) is 0 Å². The van der Waals surface area contributed by atoms with Crippen molar-refractivity contribution in [3.63, 3.8) is 0 Å². The molecule has 2 atom stereocenters. The van der Waals surface area contributed by atoms with Crippen LogP contribution >= 0.6 is 0 Å². The van der Waals surface area contributed by atoms with Crippen LogP contribution in [0.4, 0.5) is 0 Å². The summed E-state index contributed by atoms with van der Waals surface area (Å²) >= 11 is 0. The molecule has 0 aromatic carbocycles. The fourth-order valence-electron chi connectivity index (χ4n) is 1.49. The highest BCUT2D eigenvalue weighted by Crippen LogP contribution is 2.10. The number of hydrogen-bond donors (Lipinski definition) is 2. The van der Waals surface area contributed by atoms with E-state index in [1.165, 1.54) is 0 Å². The summed E-state index contributed by atoms with van der Waals surface area (Å²) in [6, 6.07) is -0.179. The van der Waals surface area contributed by atoms with Crippen LogP contribution in [0.25, 0.3) is 0 Å². The first kappa shape index (κ1) is 13.2. The van der Waals surface area contributed by atoms with Crippen LogP contribution in [0.5, 0.6) is 0 Å². The van der Waals surface area contributed by atoms with Crippen LogP contribution in [-0.2, 0) is 14.3 Å². The van der Waals surface area contributed by atoms with Gasteiger partial charge in [-0.05, 0) is 6.42 Å². The van der Waals surface area contributed by atoms with E-state index in [0.29, 0.717) is 33.0 Å². The van der Waals surface area contributed by atoms with Crippen LogP contribution in [-0.4, -0.2) is 44.9 Å². The van der Waals surface area contributed by atoms with E-state index in [2.05, 4.69) is 11.9 Å². The molecule has 0 aliphatic carbocycles. The van der Waals surface area contributed by atoms with Crippen molar-refractivity contribution in [3.05, 3.63) is 12.7 Å². The van der Waals surface area contributed by atoms with Gasteiger partial charge < -0.3 is 20.5 Å². The van der Waals surface area contributed by atoms with Crippen LogP contribution < -0.4 is 11.1 Å². The summed E-state index contributed by atoms with van der Waals surface area (Å²) < 4.78 is 10.4. The number of ether oxygens (including phenoxy) is 2. The van der Waals surface area contributed by atoms with Crippen molar-refractivity contribution in [1.82, 2.24) is 5.32 Å². The number of nitrogens with two attached hydrogens (primary N) is 1. The third-order valence-corrected chi connectivity index (χ3v) is 2.47. The molecule has 5 heteroatoms. The van der Waals surface area contributed by atoms with Crippen molar-refractivity contribution in [1.29, 1.82) is 0 Å². The number of nitrogens with one attached hydrogen (secondary N) is 1. The lowest BCUT2D eigenvalue weighted by molar-refractivity contribution is -0.125. The Hall–Kier alpha value is -0.910. The molecule has 3 N–H and O–H groups in total. The molecule has 0 radical (unpaired) electrons. The molecular formula is C11H20N2O3. The van der Waals surface area contributed by atoms with Gasteiger partial charge in [0.25, 0.3) is 0 Å². The third kappa shape index (κ3) is 4.30. The van der Waals surface area contributed by atoms with Crippen LogP contribution in [0.2, 0.25) is 0 Å². The SMILES string of the molecule is C=CCCOCCNC(=O)C1COCC1N. The molecule has 16 heavy (non-hydrogen) atoms. The average molecular weight is 228 g/mol. The minimum Gasteiger partial charge on any atom is -0.379 e. The Kier molecular flexibility index (Phi) is 6.07. The van der Waals surface area contributed by atoms with Crippen molar-refractivity contribution >= 4 is 5.91 Å². The number of carbonyl (C=O) groups is 1. The fourth-order valence-corrected chi connectivity index (χ4v) is 1.49. The topological polar surface area (TPSA) is 73.6 Å². The quantitative estimate of drug-likeness (QED) is 0.462. The lowest BCUT2D eigenvalue weighted by Gasteiger charge is -2.13. The molecule has 1 aliphatic rings. The van der Waals surface area contributed by atoms with Crippen molar-refractivity contribution in [2.75, 3.05) is 33.0 Å². The zero-order valence-electron chi connectivity index (χ0n) is 9.48. The van der Waals surface area contributed by atoms with Gasteiger partial charge in [-0.2, -0.15) is 0 Å². The van der Waals surface area contributed by atoms with Gasteiger partial charge in [-0.1, -0.05) is 6.08 Å². The predicted molar refractivity (Wildman–Crippen MR) is 60.9 cm³/mol. The van der Waals surface area contributed by atoms with E-state index in [9.17, 15) is 4.79 Å². The molecular weight excluding hydrogens is 208 g/mol. The summed E-state index contributed by atoms with van der Waals surface area (Å²) in [5.74, 6) is -0.259. The maximum absolute atomic E-state index is 11.6. The van der Waals surface area contributed by atoms with E-state index >= 15 is 0 Å². The molecule has 5 nitrogen and oxygen atoms in total. The largest absolute Gasteiger partial charge is 0.379 e. The van der Waals surface area contributed by atoms with E-state index in [-0.39, 0.29) is 17.9 Å². The lowest BCUT2D eigenvalue weighted by Crippen LogP contribution is -2.41. The maximum atomic E-state index is 11.6. The summed E-state index contributed by atoms with van der Waals surface area (Å²) in [5, 5.41) is 2.78. The minimum absolute atomic E-state index is 0.0441. The Balaban J connectivity index is 2.04. The van der Waals surface area contributed by atoms with Crippen molar-refractivity contribution in [2.24, 2.45) is 11.7 Å². The van der Waals surface area contributed by atoms with Gasteiger partial charge >= 0.3 is 0 Å². The molecule has 2 unspecified atom stereocenters. The molecule has 1 heterocycles. The second-order valence-electron chi connectivity index (χ2n) is 3.79. The Bertz CT molecular complexity index is 233. The fraction of sp³-hybridized carbons (Fsp3) is 0.727. The highest BCUT2D eigenvalue weighted by molar-refractivity contribution is 5.79. The summed E-state index contributed by atoms with van der Waals surface area (Å²) in [6.07, 6.45) is 2.63. The van der Waals surface area contributed by atoms with Gasteiger partial charge in [0, 0.05) is 12.6 Å². The van der Waals surface area contributed by atoms with Crippen molar-refractivity contribution in [3.8, 4) is 0 Å². The Labute approximate surface area is 96.0 Å². The first-order valence-electron chi connectivity index (χ1n) is 5.55. The Morgan fingerprint density at radius 1 is 1.56 bits per heavy atom. The molecule has 1 amide bonds. The summed E-state index contributed by atoms with van der Waals surface area (Å²) in [7, 11) is 0. The zero-order chi connectivity index (χ0) is 11.8. The van der Waals surface area contributed by atoms with E-state index in [1.807, 2.05) is 0 Å². The Morgan fingerprint density at radius 3 is 3.00 bits per heavy atom. The monoisotopic (exact) mass is 228 g/mol. The normalized spacial score (nSPS) is 24.3. The molecule has 0 spiro atoms. The molecule has 0 saturated carbocycles. The van der Waals surface area contributed by atoms with E-state index < -0.39 is 0 Å². The molecule has 0 aromatic heterocycles. The molecule has 92 valence electrons. The summed E-state index contributed by atoms with van der Waals surface area (Å²) in [6.45, 7) is 6.15. The van der Waals surface area contributed by atoms with Crippen molar-refractivity contribution < 1.29 is 14.3 Å². The molecule has 1 aliphatic heterocycles. The Morgan fingerprint density at radius 2 is 2.38 bits per heavy atom. The average Bonchev–Trinajstić information content (AvgIpc) is 2.69. The highest BCUT2D eigenvalue weighted by atomic mass is 16.5. The van der Waals surface area contributed by atoms with Gasteiger partial charge in [-0.3, -0.25) is 4.79 Å². The molecule has 1 fully saturated rings. The summed E-state index contributed by atoms with van der Waals surface area (Å²) in [5.41, 5.74) is 5.72. The highest BCUT2D eigenvalue weighted by Gasteiger charge is 2.30. The number of hydrogen-bond acceptors (Lipinski definition) is 4. The van der Waals surface area contributed by atoms with Gasteiger partial charge in [-0.25, -0.2) is 0 Å². The van der Waals surface area contributed by atoms with E-state index in [4.69, 9.17) is 15.2 Å². The molecule has 0 bridgehead atoms. The number of carbonyl (C=O) groups excluding carboxylic acids is 1. The number of rotatable bonds is 7. The molecule has 0 aromatic rings. The van der Waals surface area contributed by atoms with Crippen LogP contribution in [0.3, 0.4) is 0 Å². The molecule has 1 saturated heterocycles. The predicted octanol–water partition coefficient (Wildman–Crippen LogP) is -0.331. The number of amides is 1. The van der Waals surface area contributed by atoms with Gasteiger partial charge in [0.15, 0.2) is 0 Å². The lowest BCUT2D eigenvalue weighted by atomic mass is 10.0. The standard InChI is InChI=1S/C11H20N2O3/c1-2-3-5-15-6-4-13-11(14)9-7-16-8-10(9)12/h2,9-10H,1,3-8,12H2,(H,13,14). The summed E-state index contributed by atoms with van der Waals surface area (Å²) in [4.78, 5) is 11.6. The minimum atomic E-state index is -0.215. The van der Waals surface area contributed by atoms with E-state index in [1.54, 1.807) is 6.08 Å². The first-order chi connectivity index (χ1) is 7.75. The van der Waals surface area contributed by atoms with Crippen LogP contribution in [0.15, 0.2) is 12.7 Å².